The van der Waals surface area contributed by atoms with E-state index in [2.05, 4.69) is 17.6 Å². The van der Waals surface area contributed by atoms with Crippen molar-refractivity contribution >= 4 is 24.0 Å². The number of aryl methyl sites for hydroxylation is 1. The Kier molecular flexibility index (Phi) is 3.59. The highest BCUT2D eigenvalue weighted by atomic mass is 32.2. The Bertz CT molecular complexity index is 518. The first-order valence-corrected chi connectivity index (χ1v) is 6.31. The monoisotopic (exact) mass is 267 g/mol. The molecule has 1 aromatic heterocycles. The highest BCUT2D eigenvalue weighted by Gasteiger charge is 2.12. The SMILES string of the molecule is COc1ccc(-c2nc(C)c(S)s2)c(OC)c1. The van der Waals surface area contributed by atoms with E-state index in [1.807, 2.05) is 25.1 Å². The predicted molar refractivity (Wildman–Crippen MR) is 72.6 cm³/mol. The predicted octanol–water partition coefficient (Wildman–Crippen LogP) is 3.42. The lowest BCUT2D eigenvalue weighted by Crippen LogP contribution is -1.90. The molecule has 0 bridgehead atoms. The normalized spacial score (nSPS) is 10.4. The van der Waals surface area contributed by atoms with Gasteiger partial charge < -0.3 is 9.47 Å². The van der Waals surface area contributed by atoms with Crippen LogP contribution in [0.1, 0.15) is 5.69 Å². The molecule has 2 aromatic rings. The molecule has 0 fully saturated rings. The maximum absolute atomic E-state index is 5.35. The van der Waals surface area contributed by atoms with Crippen molar-refractivity contribution in [2.75, 3.05) is 14.2 Å². The van der Waals surface area contributed by atoms with Crippen molar-refractivity contribution in [1.82, 2.24) is 4.98 Å². The largest absolute Gasteiger partial charge is 0.497 e. The van der Waals surface area contributed by atoms with Crippen LogP contribution >= 0.6 is 24.0 Å². The molecule has 3 nitrogen and oxygen atoms in total. The molecule has 17 heavy (non-hydrogen) atoms. The zero-order valence-electron chi connectivity index (χ0n) is 9.85. The summed E-state index contributed by atoms with van der Waals surface area (Å²) in [6.45, 7) is 1.94. The number of thiazole rings is 1. The molecule has 0 atom stereocenters. The molecule has 1 aromatic carbocycles. The first-order valence-electron chi connectivity index (χ1n) is 5.04. The van der Waals surface area contributed by atoms with E-state index in [9.17, 15) is 0 Å². The summed E-state index contributed by atoms with van der Waals surface area (Å²) < 4.78 is 11.4. The van der Waals surface area contributed by atoms with E-state index in [0.717, 1.165) is 32.0 Å². The maximum atomic E-state index is 5.35. The maximum Gasteiger partial charge on any atom is 0.132 e. The van der Waals surface area contributed by atoms with Crippen molar-refractivity contribution in [3.8, 4) is 22.1 Å². The molecule has 0 spiro atoms. The summed E-state index contributed by atoms with van der Waals surface area (Å²) in [5, 5.41) is 0.909. The first kappa shape index (κ1) is 12.3. The van der Waals surface area contributed by atoms with Crippen LogP contribution in [0, 0.1) is 6.92 Å². The second-order valence-corrected chi connectivity index (χ2v) is 5.22. The van der Waals surface area contributed by atoms with E-state index < -0.39 is 0 Å². The van der Waals surface area contributed by atoms with Crippen LogP contribution in [0.3, 0.4) is 0 Å². The molecular formula is C12H13NO2S2. The summed E-state index contributed by atoms with van der Waals surface area (Å²) in [4.78, 5) is 4.47. The van der Waals surface area contributed by atoms with E-state index in [4.69, 9.17) is 9.47 Å². The number of thiol groups is 1. The number of hydrogen-bond acceptors (Lipinski definition) is 5. The fourth-order valence-corrected chi connectivity index (χ4v) is 2.63. The van der Waals surface area contributed by atoms with Crippen molar-refractivity contribution in [3.63, 3.8) is 0 Å². The van der Waals surface area contributed by atoms with Crippen molar-refractivity contribution in [1.29, 1.82) is 0 Å². The molecule has 0 N–H and O–H groups in total. The van der Waals surface area contributed by atoms with Crippen molar-refractivity contribution < 1.29 is 9.47 Å². The Balaban J connectivity index is 2.51. The summed E-state index contributed by atoms with van der Waals surface area (Å²) >= 11 is 5.90. The van der Waals surface area contributed by atoms with Gasteiger partial charge in [0.2, 0.25) is 0 Å². The minimum atomic E-state index is 0.756. The summed E-state index contributed by atoms with van der Waals surface area (Å²) in [7, 11) is 3.27. The van der Waals surface area contributed by atoms with Gasteiger partial charge in [-0.25, -0.2) is 4.98 Å². The van der Waals surface area contributed by atoms with Crippen LogP contribution < -0.4 is 9.47 Å². The Morgan fingerprint density at radius 3 is 2.53 bits per heavy atom. The van der Waals surface area contributed by atoms with Gasteiger partial charge in [-0.2, -0.15) is 0 Å². The summed E-state index contributed by atoms with van der Waals surface area (Å²) in [5.74, 6) is 1.52. The second kappa shape index (κ2) is 4.98. The van der Waals surface area contributed by atoms with Gasteiger partial charge in [-0.1, -0.05) is 0 Å². The number of benzene rings is 1. The quantitative estimate of drug-likeness (QED) is 0.865. The first-order chi connectivity index (χ1) is 8.15. The zero-order valence-corrected chi connectivity index (χ0v) is 11.6. The number of rotatable bonds is 3. The highest BCUT2D eigenvalue weighted by molar-refractivity contribution is 7.83. The third kappa shape index (κ3) is 2.40. The Labute approximate surface area is 110 Å². The van der Waals surface area contributed by atoms with E-state index in [1.54, 1.807) is 25.6 Å². The molecule has 1 heterocycles. The van der Waals surface area contributed by atoms with Crippen LogP contribution in [0.4, 0.5) is 0 Å². The number of aromatic nitrogens is 1. The molecule has 0 aliphatic rings. The van der Waals surface area contributed by atoms with Crippen LogP contribution in [0.15, 0.2) is 22.4 Å². The molecule has 0 aliphatic carbocycles. The molecule has 2 rings (SSSR count). The van der Waals surface area contributed by atoms with E-state index >= 15 is 0 Å². The fraction of sp³-hybridized carbons (Fsp3) is 0.250. The third-order valence-electron chi connectivity index (χ3n) is 2.41. The number of nitrogens with zero attached hydrogens (tertiary/aromatic N) is 1. The standard InChI is InChI=1S/C12H13NO2S2/c1-7-12(16)17-11(13-7)9-5-4-8(14-2)6-10(9)15-3/h4-6,16H,1-3H3. The minimum Gasteiger partial charge on any atom is -0.497 e. The van der Waals surface area contributed by atoms with Gasteiger partial charge in [-0.15, -0.1) is 24.0 Å². The summed E-state index contributed by atoms with van der Waals surface area (Å²) in [5.41, 5.74) is 1.90. The molecule has 5 heteroatoms. The van der Waals surface area contributed by atoms with Gasteiger partial charge in [0, 0.05) is 6.07 Å². The smallest absolute Gasteiger partial charge is 0.132 e. The number of ether oxygens (including phenoxy) is 2. The average molecular weight is 267 g/mol. The molecule has 0 saturated heterocycles. The van der Waals surface area contributed by atoms with E-state index in [1.165, 1.54) is 0 Å². The van der Waals surface area contributed by atoms with Crippen molar-refractivity contribution in [3.05, 3.63) is 23.9 Å². The summed E-state index contributed by atoms with van der Waals surface area (Å²) in [6, 6.07) is 5.69. The fourth-order valence-electron chi connectivity index (χ4n) is 1.48. The lowest BCUT2D eigenvalue weighted by Gasteiger charge is -2.08. The van der Waals surface area contributed by atoms with Crippen LogP contribution in [0.5, 0.6) is 11.5 Å². The topological polar surface area (TPSA) is 31.4 Å². The van der Waals surface area contributed by atoms with Crippen LogP contribution in [-0.4, -0.2) is 19.2 Å². The Morgan fingerprint density at radius 2 is 2.00 bits per heavy atom. The number of hydrogen-bond donors (Lipinski definition) is 1. The van der Waals surface area contributed by atoms with E-state index in [-0.39, 0.29) is 0 Å². The molecule has 0 amide bonds. The lowest BCUT2D eigenvalue weighted by molar-refractivity contribution is 0.395. The average Bonchev–Trinajstić information content (AvgIpc) is 2.68. The van der Waals surface area contributed by atoms with Gasteiger partial charge in [0.1, 0.15) is 16.5 Å². The van der Waals surface area contributed by atoms with Crippen LogP contribution in [0.25, 0.3) is 10.6 Å². The van der Waals surface area contributed by atoms with Crippen molar-refractivity contribution in [2.24, 2.45) is 0 Å². The second-order valence-electron chi connectivity index (χ2n) is 3.48. The molecule has 0 radical (unpaired) electrons. The molecule has 0 saturated carbocycles. The zero-order chi connectivity index (χ0) is 12.4. The van der Waals surface area contributed by atoms with Crippen molar-refractivity contribution in [2.45, 2.75) is 11.1 Å². The molecule has 0 aliphatic heterocycles. The van der Waals surface area contributed by atoms with Crippen LogP contribution in [0.2, 0.25) is 0 Å². The van der Waals surface area contributed by atoms with Gasteiger partial charge in [0.25, 0.3) is 0 Å². The highest BCUT2D eigenvalue weighted by Crippen LogP contribution is 2.37. The molecule has 90 valence electrons. The molecule has 0 unspecified atom stereocenters. The summed E-state index contributed by atoms with van der Waals surface area (Å²) in [6.07, 6.45) is 0. The third-order valence-corrected chi connectivity index (χ3v) is 4.00. The van der Waals surface area contributed by atoms with Crippen LogP contribution in [-0.2, 0) is 0 Å². The molecular weight excluding hydrogens is 254 g/mol. The van der Waals surface area contributed by atoms with Gasteiger partial charge in [0.15, 0.2) is 0 Å². The minimum absolute atomic E-state index is 0.756. The van der Waals surface area contributed by atoms with Gasteiger partial charge in [-0.3, -0.25) is 0 Å². The Morgan fingerprint density at radius 1 is 1.24 bits per heavy atom. The Hall–Kier alpha value is -1.20. The number of methoxy groups -OCH3 is 2. The van der Waals surface area contributed by atoms with E-state index in [0.29, 0.717) is 0 Å². The van der Waals surface area contributed by atoms with Gasteiger partial charge in [-0.05, 0) is 19.1 Å². The van der Waals surface area contributed by atoms with Gasteiger partial charge >= 0.3 is 0 Å². The van der Waals surface area contributed by atoms with Gasteiger partial charge in [0.05, 0.1) is 29.7 Å². The lowest BCUT2D eigenvalue weighted by atomic mass is 10.2.